The molecule has 1 aromatic rings. The third-order valence-corrected chi connectivity index (χ3v) is 2.19. The topological polar surface area (TPSA) is 113 Å². The number of hydrogen-bond donors (Lipinski definition) is 3. The van der Waals surface area contributed by atoms with Gasteiger partial charge in [0.15, 0.2) is 0 Å². The van der Waals surface area contributed by atoms with E-state index in [1.165, 1.54) is 6.07 Å². The highest BCUT2D eigenvalue weighted by atomic mass is 19.1. The lowest BCUT2D eigenvalue weighted by Crippen LogP contribution is -2.41. The Morgan fingerprint density at radius 1 is 1.40 bits per heavy atom. The maximum atomic E-state index is 13.1. The van der Waals surface area contributed by atoms with E-state index in [1.54, 1.807) is 6.92 Å². The molecule has 3 N–H and O–H groups in total. The van der Waals surface area contributed by atoms with Crippen molar-refractivity contribution in [3.8, 4) is 0 Å². The number of benzene rings is 1. The number of anilines is 1. The second-order valence-electron chi connectivity index (χ2n) is 3.68. The van der Waals surface area contributed by atoms with Gasteiger partial charge in [-0.3, -0.25) is 20.2 Å². The van der Waals surface area contributed by atoms with Crippen molar-refractivity contribution in [3.05, 3.63) is 34.1 Å². The molecule has 0 bridgehead atoms. The Kier molecular flexibility index (Phi) is 5.39. The molecule has 20 heavy (non-hydrogen) atoms. The average molecular weight is 284 g/mol. The molecule has 0 radical (unpaired) electrons. The zero-order valence-electron chi connectivity index (χ0n) is 10.6. The summed E-state index contributed by atoms with van der Waals surface area (Å²) in [5.41, 5.74) is -0.497. The van der Waals surface area contributed by atoms with Crippen LogP contribution in [0.25, 0.3) is 0 Å². The number of halogens is 1. The van der Waals surface area contributed by atoms with Crippen LogP contribution in [0.3, 0.4) is 0 Å². The Hall–Kier alpha value is -2.71. The highest BCUT2D eigenvalue weighted by molar-refractivity contribution is 5.96. The van der Waals surface area contributed by atoms with Crippen molar-refractivity contribution in [1.82, 2.24) is 10.6 Å². The molecule has 1 rings (SSSR count). The van der Waals surface area contributed by atoms with Crippen molar-refractivity contribution in [2.75, 3.05) is 18.4 Å². The molecule has 108 valence electrons. The summed E-state index contributed by atoms with van der Waals surface area (Å²) in [6, 6.07) is 2.50. The number of rotatable bonds is 5. The largest absolute Gasteiger partial charge is 0.376 e. The van der Waals surface area contributed by atoms with E-state index in [9.17, 15) is 24.1 Å². The average Bonchev–Trinajstić information content (AvgIpc) is 2.37. The van der Waals surface area contributed by atoms with E-state index in [1.807, 2.05) is 5.32 Å². The van der Waals surface area contributed by atoms with Gasteiger partial charge in [0.25, 0.3) is 0 Å². The molecule has 0 unspecified atom stereocenters. The monoisotopic (exact) mass is 284 g/mol. The lowest BCUT2D eigenvalue weighted by atomic mass is 10.2. The summed E-state index contributed by atoms with van der Waals surface area (Å²) in [7, 11) is 0. The van der Waals surface area contributed by atoms with Gasteiger partial charge in [-0.15, -0.1) is 0 Å². The molecule has 0 atom stereocenters. The SMILES string of the molecule is CCNC(=O)NC(=O)CNc1ccc(F)c([N+](=O)[O-])c1. The van der Waals surface area contributed by atoms with Crippen LogP contribution >= 0.6 is 0 Å². The fourth-order valence-electron chi connectivity index (χ4n) is 1.32. The van der Waals surface area contributed by atoms with Crippen LogP contribution in [-0.2, 0) is 4.79 Å². The highest BCUT2D eigenvalue weighted by Gasteiger charge is 2.14. The van der Waals surface area contributed by atoms with Crippen molar-refractivity contribution in [2.24, 2.45) is 0 Å². The first-order chi connectivity index (χ1) is 9.43. The lowest BCUT2D eigenvalue weighted by Gasteiger charge is -2.07. The van der Waals surface area contributed by atoms with E-state index in [0.29, 0.717) is 6.54 Å². The van der Waals surface area contributed by atoms with Crippen molar-refractivity contribution >= 4 is 23.3 Å². The molecule has 0 aliphatic heterocycles. The maximum Gasteiger partial charge on any atom is 0.321 e. The van der Waals surface area contributed by atoms with E-state index >= 15 is 0 Å². The van der Waals surface area contributed by atoms with E-state index in [-0.39, 0.29) is 12.2 Å². The summed E-state index contributed by atoms with van der Waals surface area (Å²) in [5.74, 6) is -1.59. The highest BCUT2D eigenvalue weighted by Crippen LogP contribution is 2.21. The van der Waals surface area contributed by atoms with Gasteiger partial charge in [-0.05, 0) is 19.1 Å². The van der Waals surface area contributed by atoms with Gasteiger partial charge in [0.1, 0.15) is 0 Å². The molecular formula is C11H13FN4O4. The molecule has 1 aromatic carbocycles. The molecule has 0 saturated carbocycles. The fourth-order valence-corrected chi connectivity index (χ4v) is 1.32. The Balaban J connectivity index is 2.58. The van der Waals surface area contributed by atoms with Crippen LogP contribution in [0.1, 0.15) is 6.92 Å². The molecule has 0 aliphatic carbocycles. The van der Waals surface area contributed by atoms with Gasteiger partial charge in [0, 0.05) is 18.3 Å². The molecule has 0 spiro atoms. The van der Waals surface area contributed by atoms with Gasteiger partial charge in [0.2, 0.25) is 11.7 Å². The van der Waals surface area contributed by atoms with E-state index in [0.717, 1.165) is 12.1 Å². The van der Waals surface area contributed by atoms with Crippen LogP contribution in [0.2, 0.25) is 0 Å². The second-order valence-corrected chi connectivity index (χ2v) is 3.68. The molecule has 0 aromatic heterocycles. The number of nitro groups is 1. The van der Waals surface area contributed by atoms with Crippen LogP contribution in [-0.4, -0.2) is 30.0 Å². The van der Waals surface area contributed by atoms with Crippen molar-refractivity contribution in [1.29, 1.82) is 0 Å². The van der Waals surface area contributed by atoms with Crippen LogP contribution in [0.4, 0.5) is 20.6 Å². The summed E-state index contributed by atoms with van der Waals surface area (Å²) in [4.78, 5) is 32.1. The van der Waals surface area contributed by atoms with Gasteiger partial charge in [-0.25, -0.2) is 4.79 Å². The third-order valence-electron chi connectivity index (χ3n) is 2.19. The van der Waals surface area contributed by atoms with Crippen molar-refractivity contribution in [3.63, 3.8) is 0 Å². The summed E-state index contributed by atoms with van der Waals surface area (Å²) in [5, 5.41) is 17.5. The number of nitrogens with one attached hydrogen (secondary N) is 3. The van der Waals surface area contributed by atoms with Crippen molar-refractivity contribution < 1.29 is 18.9 Å². The molecule has 0 fully saturated rings. The molecule has 0 heterocycles. The standard InChI is InChI=1S/C11H13FN4O4/c1-2-13-11(18)15-10(17)6-14-7-3-4-8(12)9(5-7)16(19)20/h3-5,14H,2,6H2,1H3,(H2,13,15,17,18). The second kappa shape index (κ2) is 7.02. The van der Waals surface area contributed by atoms with Crippen LogP contribution in [0.5, 0.6) is 0 Å². The number of hydrogen-bond acceptors (Lipinski definition) is 5. The first kappa shape index (κ1) is 15.3. The number of nitrogens with zero attached hydrogens (tertiary/aromatic N) is 1. The lowest BCUT2D eigenvalue weighted by molar-refractivity contribution is -0.387. The Morgan fingerprint density at radius 3 is 2.70 bits per heavy atom. The predicted octanol–water partition coefficient (Wildman–Crippen LogP) is 0.991. The van der Waals surface area contributed by atoms with Crippen LogP contribution in [0, 0.1) is 15.9 Å². The predicted molar refractivity (Wildman–Crippen MR) is 68.8 cm³/mol. The normalized spacial score (nSPS) is 9.70. The summed E-state index contributed by atoms with van der Waals surface area (Å²) in [6.45, 7) is 1.79. The molecule has 0 aliphatic rings. The number of carbonyl (C=O) groups excluding carboxylic acids is 2. The van der Waals surface area contributed by atoms with Gasteiger partial charge in [0.05, 0.1) is 11.5 Å². The van der Waals surface area contributed by atoms with Crippen LogP contribution < -0.4 is 16.0 Å². The van der Waals surface area contributed by atoms with E-state index < -0.39 is 28.4 Å². The first-order valence-corrected chi connectivity index (χ1v) is 5.69. The zero-order valence-corrected chi connectivity index (χ0v) is 10.6. The number of urea groups is 1. The van der Waals surface area contributed by atoms with E-state index in [4.69, 9.17) is 0 Å². The number of amides is 3. The van der Waals surface area contributed by atoms with Gasteiger partial charge in [-0.1, -0.05) is 0 Å². The minimum Gasteiger partial charge on any atom is -0.376 e. The molecular weight excluding hydrogens is 271 g/mol. The summed E-state index contributed by atoms with van der Waals surface area (Å²) < 4.78 is 13.1. The van der Waals surface area contributed by atoms with Crippen molar-refractivity contribution in [2.45, 2.75) is 6.92 Å². The van der Waals surface area contributed by atoms with Gasteiger partial charge in [-0.2, -0.15) is 4.39 Å². The fraction of sp³-hybridized carbons (Fsp3) is 0.273. The quantitative estimate of drug-likeness (QED) is 0.551. The minimum absolute atomic E-state index is 0.198. The van der Waals surface area contributed by atoms with Gasteiger partial charge >= 0.3 is 11.7 Å². The Morgan fingerprint density at radius 2 is 2.10 bits per heavy atom. The van der Waals surface area contributed by atoms with Crippen LogP contribution in [0.15, 0.2) is 18.2 Å². The number of imide groups is 1. The molecule has 0 saturated heterocycles. The summed E-state index contributed by atoms with van der Waals surface area (Å²) >= 11 is 0. The number of carbonyl (C=O) groups is 2. The maximum absolute atomic E-state index is 13.1. The smallest absolute Gasteiger partial charge is 0.321 e. The minimum atomic E-state index is -0.965. The zero-order chi connectivity index (χ0) is 15.1. The Bertz CT molecular complexity index is 535. The first-order valence-electron chi connectivity index (χ1n) is 5.69. The molecule has 3 amide bonds. The molecule has 8 nitrogen and oxygen atoms in total. The Labute approximate surface area is 113 Å². The third kappa shape index (κ3) is 4.52. The summed E-state index contributed by atoms with van der Waals surface area (Å²) in [6.07, 6.45) is 0. The molecule has 9 heteroatoms. The number of nitro benzene ring substituents is 1. The van der Waals surface area contributed by atoms with Gasteiger partial charge < -0.3 is 10.6 Å². The van der Waals surface area contributed by atoms with E-state index in [2.05, 4.69) is 10.6 Å².